The first-order valence-electron chi connectivity index (χ1n) is 5.94. The molecule has 1 atom stereocenters. The van der Waals surface area contributed by atoms with Crippen LogP contribution in [-0.4, -0.2) is 34.9 Å². The molecule has 1 fully saturated rings. The van der Waals surface area contributed by atoms with E-state index in [-0.39, 0.29) is 6.04 Å². The van der Waals surface area contributed by atoms with Crippen LogP contribution in [0.3, 0.4) is 0 Å². The van der Waals surface area contributed by atoms with Crippen LogP contribution in [0.2, 0.25) is 0 Å². The Bertz CT molecular complexity index is 494. The number of hydrogen-bond donors (Lipinski definition) is 1. The van der Waals surface area contributed by atoms with Gasteiger partial charge in [0.05, 0.1) is 13.2 Å². The molecule has 2 aromatic heterocycles. The Balaban J connectivity index is 1.69. The van der Waals surface area contributed by atoms with Crippen LogP contribution in [-0.2, 0) is 11.2 Å². The second kappa shape index (κ2) is 5.24. The lowest BCUT2D eigenvalue weighted by Crippen LogP contribution is -2.34. The number of nitrogens with zero attached hydrogens (tertiary/aromatic N) is 3. The van der Waals surface area contributed by atoms with E-state index in [1.54, 1.807) is 12.4 Å². The Morgan fingerprint density at radius 1 is 1.33 bits per heavy atom. The highest BCUT2D eigenvalue weighted by atomic mass is 16.5. The van der Waals surface area contributed by atoms with Crippen molar-refractivity contribution in [3.05, 3.63) is 41.8 Å². The largest absolute Gasteiger partial charge is 0.378 e. The van der Waals surface area contributed by atoms with Gasteiger partial charge in [-0.05, 0) is 17.7 Å². The van der Waals surface area contributed by atoms with Crippen molar-refractivity contribution >= 4 is 0 Å². The van der Waals surface area contributed by atoms with Gasteiger partial charge in [-0.25, -0.2) is 0 Å². The molecular formula is C12H14N4O2. The van der Waals surface area contributed by atoms with Gasteiger partial charge in [-0.15, -0.1) is 0 Å². The van der Waals surface area contributed by atoms with E-state index >= 15 is 0 Å². The minimum absolute atomic E-state index is 0.0115. The molecule has 6 nitrogen and oxygen atoms in total. The number of ether oxygens (including phenoxy) is 1. The maximum Gasteiger partial charge on any atom is 0.246 e. The maximum absolute atomic E-state index is 5.37. The van der Waals surface area contributed by atoms with E-state index in [0.717, 1.165) is 18.7 Å². The van der Waals surface area contributed by atoms with Crippen LogP contribution in [0.15, 0.2) is 29.0 Å². The smallest absolute Gasteiger partial charge is 0.246 e. The Morgan fingerprint density at radius 2 is 2.22 bits per heavy atom. The summed E-state index contributed by atoms with van der Waals surface area (Å²) in [5, 5.41) is 7.27. The van der Waals surface area contributed by atoms with Gasteiger partial charge in [-0.3, -0.25) is 4.98 Å². The zero-order valence-corrected chi connectivity index (χ0v) is 9.87. The molecule has 3 heterocycles. The van der Waals surface area contributed by atoms with E-state index < -0.39 is 0 Å². The van der Waals surface area contributed by atoms with Crippen molar-refractivity contribution in [3.63, 3.8) is 0 Å². The predicted octanol–water partition coefficient (Wildman–Crippen LogP) is 0.716. The van der Waals surface area contributed by atoms with Crippen molar-refractivity contribution < 1.29 is 9.26 Å². The van der Waals surface area contributed by atoms with Crippen molar-refractivity contribution in [3.8, 4) is 0 Å². The van der Waals surface area contributed by atoms with Gasteiger partial charge in [0.15, 0.2) is 5.82 Å². The fourth-order valence-corrected chi connectivity index (χ4v) is 1.89. The Morgan fingerprint density at radius 3 is 3.00 bits per heavy atom. The van der Waals surface area contributed by atoms with Crippen LogP contribution in [0.5, 0.6) is 0 Å². The topological polar surface area (TPSA) is 73.1 Å². The van der Waals surface area contributed by atoms with Crippen molar-refractivity contribution in [2.24, 2.45) is 0 Å². The summed E-state index contributed by atoms with van der Waals surface area (Å²) in [6, 6.07) is 3.90. The number of hydrogen-bond acceptors (Lipinski definition) is 6. The molecule has 1 aliphatic heterocycles. The molecule has 1 aliphatic rings. The van der Waals surface area contributed by atoms with Gasteiger partial charge < -0.3 is 14.6 Å². The van der Waals surface area contributed by atoms with E-state index in [1.807, 2.05) is 12.1 Å². The van der Waals surface area contributed by atoms with Crippen LogP contribution >= 0.6 is 0 Å². The van der Waals surface area contributed by atoms with Gasteiger partial charge in [0.2, 0.25) is 5.89 Å². The molecule has 1 unspecified atom stereocenters. The van der Waals surface area contributed by atoms with E-state index in [9.17, 15) is 0 Å². The fourth-order valence-electron chi connectivity index (χ4n) is 1.89. The minimum Gasteiger partial charge on any atom is -0.378 e. The van der Waals surface area contributed by atoms with Gasteiger partial charge in [0.1, 0.15) is 6.04 Å². The highest BCUT2D eigenvalue weighted by Crippen LogP contribution is 2.14. The summed E-state index contributed by atoms with van der Waals surface area (Å²) in [5.41, 5.74) is 1.12. The Labute approximate surface area is 104 Å². The molecule has 94 valence electrons. The van der Waals surface area contributed by atoms with Crippen LogP contribution in [0.25, 0.3) is 0 Å². The summed E-state index contributed by atoms with van der Waals surface area (Å²) in [6.45, 7) is 2.12. The van der Waals surface area contributed by atoms with Crippen molar-refractivity contribution in [2.75, 3.05) is 19.8 Å². The predicted molar refractivity (Wildman–Crippen MR) is 62.9 cm³/mol. The Hall–Kier alpha value is -1.79. The van der Waals surface area contributed by atoms with Gasteiger partial charge in [-0.2, -0.15) is 4.98 Å². The molecule has 0 amide bonds. The molecule has 2 aromatic rings. The molecule has 1 saturated heterocycles. The van der Waals surface area contributed by atoms with E-state index in [1.165, 1.54) is 0 Å². The second-order valence-corrected chi connectivity index (χ2v) is 4.16. The van der Waals surface area contributed by atoms with Crippen molar-refractivity contribution in [1.29, 1.82) is 0 Å². The number of nitrogens with one attached hydrogen (secondary N) is 1. The molecule has 0 spiro atoms. The molecule has 3 rings (SSSR count). The highest BCUT2D eigenvalue weighted by molar-refractivity contribution is 5.14. The van der Waals surface area contributed by atoms with Crippen LogP contribution in [0.4, 0.5) is 0 Å². The van der Waals surface area contributed by atoms with Crippen LogP contribution in [0, 0.1) is 0 Å². The van der Waals surface area contributed by atoms with E-state index in [4.69, 9.17) is 9.26 Å². The zero-order chi connectivity index (χ0) is 12.2. The molecule has 0 bridgehead atoms. The summed E-state index contributed by atoms with van der Waals surface area (Å²) in [7, 11) is 0. The SMILES string of the molecule is c1cc(Cc2noc(C3COCCN3)n2)ccn1. The van der Waals surface area contributed by atoms with Crippen molar-refractivity contribution in [1.82, 2.24) is 20.4 Å². The first kappa shape index (κ1) is 11.3. The monoisotopic (exact) mass is 246 g/mol. The first-order valence-corrected chi connectivity index (χ1v) is 5.94. The average Bonchev–Trinajstić information content (AvgIpc) is 2.89. The lowest BCUT2D eigenvalue weighted by Gasteiger charge is -2.20. The molecule has 18 heavy (non-hydrogen) atoms. The molecule has 0 saturated carbocycles. The maximum atomic E-state index is 5.37. The summed E-state index contributed by atoms with van der Waals surface area (Å²) >= 11 is 0. The Kier molecular flexibility index (Phi) is 3.29. The van der Waals surface area contributed by atoms with Gasteiger partial charge in [-0.1, -0.05) is 5.16 Å². The molecule has 1 N–H and O–H groups in total. The molecular weight excluding hydrogens is 232 g/mol. The number of morpholine rings is 1. The van der Waals surface area contributed by atoms with Gasteiger partial charge >= 0.3 is 0 Å². The number of aromatic nitrogens is 3. The number of pyridine rings is 1. The fraction of sp³-hybridized carbons (Fsp3) is 0.417. The van der Waals surface area contributed by atoms with Crippen LogP contribution < -0.4 is 5.32 Å². The standard InChI is InChI=1S/C12H14N4O2/c1-3-13-4-2-9(1)7-11-15-12(18-16-11)10-8-17-6-5-14-10/h1-4,10,14H,5-8H2. The summed E-state index contributed by atoms with van der Waals surface area (Å²) in [4.78, 5) is 8.36. The molecule has 0 aliphatic carbocycles. The first-order chi connectivity index (χ1) is 8.92. The van der Waals surface area contributed by atoms with E-state index in [0.29, 0.717) is 24.7 Å². The zero-order valence-electron chi connectivity index (χ0n) is 9.87. The molecule has 6 heteroatoms. The van der Waals surface area contributed by atoms with Crippen LogP contribution in [0.1, 0.15) is 23.3 Å². The van der Waals surface area contributed by atoms with E-state index in [2.05, 4.69) is 20.4 Å². The normalized spacial score (nSPS) is 19.9. The third-order valence-corrected chi connectivity index (χ3v) is 2.82. The summed E-state index contributed by atoms with van der Waals surface area (Å²) < 4.78 is 10.6. The van der Waals surface area contributed by atoms with Gasteiger partial charge in [0, 0.05) is 25.4 Å². The lowest BCUT2D eigenvalue weighted by molar-refractivity contribution is 0.0659. The third-order valence-electron chi connectivity index (χ3n) is 2.82. The average molecular weight is 246 g/mol. The highest BCUT2D eigenvalue weighted by Gasteiger charge is 2.21. The number of rotatable bonds is 3. The van der Waals surface area contributed by atoms with Crippen molar-refractivity contribution in [2.45, 2.75) is 12.5 Å². The second-order valence-electron chi connectivity index (χ2n) is 4.16. The minimum atomic E-state index is 0.0115. The summed E-state index contributed by atoms with van der Waals surface area (Å²) in [6.07, 6.45) is 4.17. The third kappa shape index (κ3) is 2.55. The summed E-state index contributed by atoms with van der Waals surface area (Å²) in [5.74, 6) is 1.28. The molecule has 0 aromatic carbocycles. The quantitative estimate of drug-likeness (QED) is 0.860. The lowest BCUT2D eigenvalue weighted by atomic mass is 10.2. The van der Waals surface area contributed by atoms with Gasteiger partial charge in [0.25, 0.3) is 0 Å². The molecule has 0 radical (unpaired) electrons.